The number of rotatable bonds is 5. The van der Waals surface area contributed by atoms with E-state index < -0.39 is 0 Å². The number of halogens is 1. The minimum Gasteiger partial charge on any atom is -0.393 e. The first-order chi connectivity index (χ1) is 15.8. The number of nitrogens with one attached hydrogen (secondary N) is 1. The van der Waals surface area contributed by atoms with E-state index in [0.29, 0.717) is 29.8 Å². The molecule has 0 amide bonds. The van der Waals surface area contributed by atoms with Crippen molar-refractivity contribution in [3.8, 4) is 0 Å². The van der Waals surface area contributed by atoms with Crippen LogP contribution in [0.4, 0.5) is 0 Å². The highest BCUT2D eigenvalue weighted by Crippen LogP contribution is 2.67. The van der Waals surface area contributed by atoms with Crippen LogP contribution in [0.1, 0.15) is 83.8 Å². The zero-order chi connectivity index (χ0) is 23.4. The molecule has 0 aromatic heterocycles. The molecular weight excluding hydrogens is 432 g/mol. The van der Waals surface area contributed by atoms with Crippen LogP contribution in [0.2, 0.25) is 5.02 Å². The smallest absolute Gasteiger partial charge is 0.106 e. The highest BCUT2D eigenvalue weighted by atomic mass is 35.5. The lowest BCUT2D eigenvalue weighted by Crippen LogP contribution is -2.54. The highest BCUT2D eigenvalue weighted by Gasteiger charge is 2.60. The molecule has 1 unspecified atom stereocenters. The first-order valence-electron chi connectivity index (χ1n) is 13.1. The molecule has 182 valence electrons. The summed E-state index contributed by atoms with van der Waals surface area (Å²) in [4.78, 5) is 0. The number of benzene rings is 1. The Bertz CT molecular complexity index is 902. The van der Waals surface area contributed by atoms with Crippen molar-refractivity contribution in [3.05, 3.63) is 46.1 Å². The maximum atomic E-state index is 10.3. The fourth-order valence-corrected chi connectivity index (χ4v) is 8.77. The van der Waals surface area contributed by atoms with Gasteiger partial charge in [0.1, 0.15) is 6.10 Å². The van der Waals surface area contributed by atoms with Crippen LogP contribution in [0.3, 0.4) is 0 Å². The topological polar surface area (TPSA) is 67.5 Å². The maximum Gasteiger partial charge on any atom is 0.106 e. The summed E-state index contributed by atoms with van der Waals surface area (Å²) in [7, 11) is 0. The largest absolute Gasteiger partial charge is 0.393 e. The summed E-state index contributed by atoms with van der Waals surface area (Å²) in [6.07, 6.45) is 9.00. The average Bonchev–Trinajstić information content (AvgIpc) is 3.10. The average molecular weight is 473 g/mol. The second-order valence-corrected chi connectivity index (χ2v) is 12.1. The van der Waals surface area contributed by atoms with Gasteiger partial charge >= 0.3 is 0 Å². The maximum absolute atomic E-state index is 10.3. The van der Waals surface area contributed by atoms with Gasteiger partial charge in [-0.25, -0.2) is 0 Å². The third-order valence-electron chi connectivity index (χ3n) is 10.3. The highest BCUT2D eigenvalue weighted by molar-refractivity contribution is 6.30. The van der Waals surface area contributed by atoms with Crippen molar-refractivity contribution in [2.45, 2.75) is 84.3 Å². The predicted molar refractivity (Wildman–Crippen MR) is 133 cm³/mol. The Balaban J connectivity index is 1.48. The van der Waals surface area contributed by atoms with E-state index in [9.17, 15) is 5.11 Å². The fraction of sp³-hybridized carbons (Fsp3) is 0.714. The fourth-order valence-electron chi connectivity index (χ4n) is 8.65. The Kier molecular flexibility index (Phi) is 6.35. The quantitative estimate of drug-likeness (QED) is 0.355. The van der Waals surface area contributed by atoms with Crippen molar-refractivity contribution in [1.29, 1.82) is 0 Å². The summed E-state index contributed by atoms with van der Waals surface area (Å²) in [5.41, 5.74) is 7.33. The number of hydrazine groups is 1. The van der Waals surface area contributed by atoms with Gasteiger partial charge in [-0.2, -0.15) is 0 Å². The molecule has 8 atom stereocenters. The van der Waals surface area contributed by atoms with Crippen LogP contribution in [0.15, 0.2) is 35.5 Å². The molecule has 4 nitrogen and oxygen atoms in total. The standard InChI is InChI=1S/C28H41ClN2O2/c1-4-33-25(17-5-8-19(29)9-6-17)22-16-24-21-10-7-18-15-20(32)11-13-27(18,2)23(21)12-14-28(24,3)26(22)31-30/h5-6,8-9,18,20-21,23-25,31-32H,4,7,10-16,30H2,1-3H3/t18-,20-,21+,23-,24-,25?,27-,28-/m0/s1. The Labute approximate surface area is 204 Å². The number of allylic oxidation sites excluding steroid dienone is 1. The van der Waals surface area contributed by atoms with Crippen LogP contribution in [-0.4, -0.2) is 17.8 Å². The van der Waals surface area contributed by atoms with Gasteiger partial charge in [0.25, 0.3) is 0 Å². The van der Waals surface area contributed by atoms with Crippen LogP contribution in [-0.2, 0) is 4.74 Å². The minimum absolute atomic E-state index is 0.0738. The molecule has 4 aliphatic rings. The Hall–Kier alpha value is -1.07. The van der Waals surface area contributed by atoms with Gasteiger partial charge in [-0.1, -0.05) is 37.6 Å². The van der Waals surface area contributed by atoms with Crippen LogP contribution in [0.25, 0.3) is 0 Å². The predicted octanol–water partition coefficient (Wildman–Crippen LogP) is 6.15. The number of aliphatic hydroxyl groups excluding tert-OH is 1. The molecule has 3 fully saturated rings. The van der Waals surface area contributed by atoms with Gasteiger partial charge in [-0.15, -0.1) is 0 Å². The first kappa shape index (κ1) is 23.7. The van der Waals surface area contributed by atoms with Gasteiger partial charge in [0.2, 0.25) is 0 Å². The Morgan fingerprint density at radius 1 is 1.12 bits per heavy atom. The molecule has 1 aromatic carbocycles. The van der Waals surface area contributed by atoms with Gasteiger partial charge in [0.05, 0.1) is 6.10 Å². The SMILES string of the molecule is CCOC(C1=C(NN)[C@@]2(C)CC[C@H]3[C@@H](CC[C@H]4C[C@@H](O)CC[C@@]43C)[C@@H]2C1)c1ccc(Cl)cc1. The van der Waals surface area contributed by atoms with Crippen molar-refractivity contribution in [2.75, 3.05) is 6.61 Å². The van der Waals surface area contributed by atoms with Crippen molar-refractivity contribution in [3.63, 3.8) is 0 Å². The lowest BCUT2D eigenvalue weighted by Gasteiger charge is -2.60. The molecule has 5 heteroatoms. The zero-order valence-electron chi connectivity index (χ0n) is 20.4. The Morgan fingerprint density at radius 2 is 1.88 bits per heavy atom. The first-order valence-corrected chi connectivity index (χ1v) is 13.4. The summed E-state index contributed by atoms with van der Waals surface area (Å²) in [5, 5.41) is 11.1. The number of hydrogen-bond acceptors (Lipinski definition) is 4. The summed E-state index contributed by atoms with van der Waals surface area (Å²) in [5.74, 6) is 9.00. The number of ether oxygens (including phenoxy) is 1. The second-order valence-electron chi connectivity index (χ2n) is 11.7. The van der Waals surface area contributed by atoms with E-state index in [0.717, 1.165) is 35.8 Å². The van der Waals surface area contributed by atoms with E-state index in [1.54, 1.807) is 0 Å². The Morgan fingerprint density at radius 3 is 2.58 bits per heavy atom. The van der Waals surface area contributed by atoms with Crippen molar-refractivity contribution in [1.82, 2.24) is 5.43 Å². The lowest BCUT2D eigenvalue weighted by atomic mass is 9.45. The molecule has 3 saturated carbocycles. The van der Waals surface area contributed by atoms with Crippen LogP contribution in [0.5, 0.6) is 0 Å². The third-order valence-corrected chi connectivity index (χ3v) is 10.6. The van der Waals surface area contributed by atoms with Gasteiger partial charge < -0.3 is 15.3 Å². The van der Waals surface area contributed by atoms with Crippen LogP contribution < -0.4 is 11.3 Å². The second kappa shape index (κ2) is 8.86. The number of hydrogen-bond donors (Lipinski definition) is 3. The summed E-state index contributed by atoms with van der Waals surface area (Å²) in [6.45, 7) is 7.72. The number of aliphatic hydroxyl groups is 1. The van der Waals surface area contributed by atoms with Crippen molar-refractivity contribution < 1.29 is 9.84 Å². The molecule has 0 heterocycles. The molecule has 0 saturated heterocycles. The summed E-state index contributed by atoms with van der Waals surface area (Å²) >= 11 is 6.18. The van der Waals surface area contributed by atoms with Crippen LogP contribution in [0, 0.1) is 34.5 Å². The van der Waals surface area contributed by atoms with Crippen LogP contribution >= 0.6 is 11.6 Å². The lowest BCUT2D eigenvalue weighted by molar-refractivity contribution is -0.118. The molecule has 4 aliphatic carbocycles. The number of fused-ring (bicyclic) bond motifs is 5. The number of nitrogens with two attached hydrogens (primary N) is 1. The van der Waals surface area contributed by atoms with Gasteiger partial charge in [0, 0.05) is 22.7 Å². The minimum atomic E-state index is -0.0902. The van der Waals surface area contributed by atoms with E-state index in [4.69, 9.17) is 22.2 Å². The molecule has 0 radical (unpaired) electrons. The molecule has 33 heavy (non-hydrogen) atoms. The van der Waals surface area contributed by atoms with Gasteiger partial charge in [-0.05, 0) is 111 Å². The van der Waals surface area contributed by atoms with Crippen molar-refractivity contribution >= 4 is 11.6 Å². The molecule has 5 rings (SSSR count). The van der Waals surface area contributed by atoms with E-state index in [1.165, 1.54) is 43.4 Å². The van der Waals surface area contributed by atoms with Crippen molar-refractivity contribution in [2.24, 2.45) is 40.3 Å². The molecule has 1 aromatic rings. The van der Waals surface area contributed by atoms with Gasteiger partial charge in [0.15, 0.2) is 0 Å². The molecule has 0 aliphatic heterocycles. The molecule has 0 spiro atoms. The van der Waals surface area contributed by atoms with E-state index in [2.05, 4.69) is 38.3 Å². The van der Waals surface area contributed by atoms with E-state index in [-0.39, 0.29) is 17.6 Å². The molecule has 4 N–H and O–H groups in total. The molecule has 0 bridgehead atoms. The summed E-state index contributed by atoms with van der Waals surface area (Å²) in [6, 6.07) is 8.10. The van der Waals surface area contributed by atoms with E-state index in [1.807, 2.05) is 12.1 Å². The molecular formula is C28H41ClN2O2. The summed E-state index contributed by atoms with van der Waals surface area (Å²) < 4.78 is 6.36. The van der Waals surface area contributed by atoms with Gasteiger partial charge in [-0.3, -0.25) is 5.84 Å². The van der Waals surface area contributed by atoms with E-state index >= 15 is 0 Å². The normalized spacial score (nSPS) is 41.2. The third kappa shape index (κ3) is 3.76. The monoisotopic (exact) mass is 472 g/mol. The zero-order valence-corrected chi connectivity index (χ0v) is 21.2.